The summed E-state index contributed by atoms with van der Waals surface area (Å²) in [5.41, 5.74) is 13.0. The Morgan fingerprint density at radius 2 is 1.55 bits per heavy atom. The molecular formula is C33H43Cl2FN6O7. The second kappa shape index (κ2) is 19.6. The molecule has 3 aromatic rings. The van der Waals surface area contributed by atoms with Crippen LogP contribution in [0.5, 0.6) is 5.75 Å². The van der Waals surface area contributed by atoms with Crippen LogP contribution in [0.15, 0.2) is 36.8 Å². The molecule has 1 aliphatic heterocycles. The van der Waals surface area contributed by atoms with Crippen LogP contribution in [0.3, 0.4) is 0 Å². The monoisotopic (exact) mass is 724 g/mol. The molecule has 0 aliphatic carbocycles. The van der Waals surface area contributed by atoms with Gasteiger partial charge >= 0.3 is 0 Å². The lowest BCUT2D eigenvalue weighted by atomic mass is 10.0. The molecule has 3 heterocycles. The molecule has 0 spiro atoms. The number of aromatic nitrogens is 3. The van der Waals surface area contributed by atoms with E-state index in [9.17, 15) is 14.0 Å². The SMILES string of the molecule is C[C@@H](Oc1cc(-c2cnn(C3CCN(C(=O)CCOCCOCCOCCOCCC(N)=O)CC3)c2)cnc1N)c1c(Cl)ccc(F)c1Cl. The molecule has 1 saturated heterocycles. The van der Waals surface area contributed by atoms with Gasteiger partial charge in [0.1, 0.15) is 11.9 Å². The molecule has 16 heteroatoms. The van der Waals surface area contributed by atoms with E-state index in [4.69, 9.17) is 58.4 Å². The lowest BCUT2D eigenvalue weighted by Crippen LogP contribution is -2.39. The number of nitrogens with zero attached hydrogens (tertiary/aromatic N) is 4. The number of nitrogen functional groups attached to an aromatic ring is 1. The van der Waals surface area contributed by atoms with Crippen LogP contribution in [0.2, 0.25) is 10.0 Å². The summed E-state index contributed by atoms with van der Waals surface area (Å²) in [6.45, 7) is 6.01. The van der Waals surface area contributed by atoms with Crippen molar-refractivity contribution in [2.45, 2.75) is 44.8 Å². The fraction of sp³-hybridized carbons (Fsp3) is 0.515. The Hall–Kier alpha value is -3.53. The van der Waals surface area contributed by atoms with Crippen molar-refractivity contribution in [3.8, 4) is 16.9 Å². The number of anilines is 1. The van der Waals surface area contributed by atoms with Gasteiger partial charge in [-0.1, -0.05) is 23.2 Å². The van der Waals surface area contributed by atoms with E-state index in [0.717, 1.165) is 24.0 Å². The molecule has 49 heavy (non-hydrogen) atoms. The quantitative estimate of drug-likeness (QED) is 0.124. The van der Waals surface area contributed by atoms with E-state index in [0.29, 0.717) is 83.7 Å². The van der Waals surface area contributed by atoms with Gasteiger partial charge < -0.3 is 40.1 Å². The zero-order valence-corrected chi connectivity index (χ0v) is 29.0. The van der Waals surface area contributed by atoms with Crippen molar-refractivity contribution in [3.05, 3.63) is 58.2 Å². The number of likely N-dealkylation sites (tertiary alicyclic amines) is 1. The first kappa shape index (κ1) is 38.3. The minimum atomic E-state index is -0.692. The van der Waals surface area contributed by atoms with E-state index in [-0.39, 0.29) is 34.2 Å². The zero-order valence-electron chi connectivity index (χ0n) is 27.5. The number of benzene rings is 1. The molecule has 2 amide bonds. The molecule has 2 aromatic heterocycles. The Kier molecular flexibility index (Phi) is 15.3. The van der Waals surface area contributed by atoms with Gasteiger partial charge in [-0.3, -0.25) is 14.3 Å². The van der Waals surface area contributed by atoms with E-state index >= 15 is 0 Å². The molecular weight excluding hydrogens is 682 g/mol. The first-order chi connectivity index (χ1) is 23.6. The summed E-state index contributed by atoms with van der Waals surface area (Å²) in [7, 11) is 0. The van der Waals surface area contributed by atoms with Crippen molar-refractivity contribution in [1.29, 1.82) is 0 Å². The number of hydrogen-bond acceptors (Lipinski definition) is 10. The van der Waals surface area contributed by atoms with Gasteiger partial charge in [0.15, 0.2) is 11.6 Å². The highest BCUT2D eigenvalue weighted by molar-refractivity contribution is 6.36. The summed E-state index contributed by atoms with van der Waals surface area (Å²) in [6, 6.07) is 4.52. The van der Waals surface area contributed by atoms with Crippen LogP contribution < -0.4 is 16.2 Å². The third-order valence-corrected chi connectivity index (χ3v) is 8.58. The number of hydrogen-bond donors (Lipinski definition) is 2. The third-order valence-electron chi connectivity index (χ3n) is 7.87. The number of piperidine rings is 1. The van der Waals surface area contributed by atoms with Gasteiger partial charge in [0.2, 0.25) is 11.8 Å². The van der Waals surface area contributed by atoms with Crippen molar-refractivity contribution >= 4 is 40.8 Å². The highest BCUT2D eigenvalue weighted by Gasteiger charge is 2.25. The molecule has 1 fully saturated rings. The van der Waals surface area contributed by atoms with E-state index in [1.165, 1.54) is 12.1 Å². The van der Waals surface area contributed by atoms with Crippen LogP contribution >= 0.6 is 23.2 Å². The first-order valence-electron chi connectivity index (χ1n) is 16.1. The standard InChI is InChI=1S/C33H43Cl2FN6O7/c1-22(31-26(34)2-3-27(36)32(31)35)49-28-18-23(19-39-33(28)38)24-20-40-42(21-24)25-4-8-41(9-5-25)30(44)7-11-46-13-15-48-17-16-47-14-12-45-10-6-29(37)43/h2-3,18-22,25H,4-17H2,1H3,(H2,37,43)(H2,38,39)/t22-/m1/s1. The van der Waals surface area contributed by atoms with Gasteiger partial charge in [-0.2, -0.15) is 5.10 Å². The first-order valence-corrected chi connectivity index (χ1v) is 16.9. The highest BCUT2D eigenvalue weighted by atomic mass is 35.5. The van der Waals surface area contributed by atoms with E-state index in [2.05, 4.69) is 10.1 Å². The molecule has 13 nitrogen and oxygen atoms in total. The van der Waals surface area contributed by atoms with Gasteiger partial charge in [0.25, 0.3) is 0 Å². The summed E-state index contributed by atoms with van der Waals surface area (Å²) in [6.07, 6.45) is 6.67. The second-order valence-corrected chi connectivity index (χ2v) is 12.1. The lowest BCUT2D eigenvalue weighted by molar-refractivity contribution is -0.133. The number of carbonyl (C=O) groups excluding carboxylic acids is 2. The molecule has 1 atom stereocenters. The normalized spacial score (nSPS) is 14.2. The maximum absolute atomic E-state index is 14.1. The Balaban J connectivity index is 1.13. The van der Waals surface area contributed by atoms with Gasteiger partial charge in [0.05, 0.1) is 76.5 Å². The fourth-order valence-corrected chi connectivity index (χ4v) is 5.87. The van der Waals surface area contributed by atoms with Crippen LogP contribution in [0.4, 0.5) is 10.2 Å². The molecule has 4 rings (SSSR count). The van der Waals surface area contributed by atoms with Crippen molar-refractivity contribution in [2.24, 2.45) is 5.73 Å². The maximum Gasteiger partial charge on any atom is 0.224 e. The van der Waals surface area contributed by atoms with Crippen LogP contribution in [0.1, 0.15) is 50.3 Å². The number of nitrogens with two attached hydrogens (primary N) is 2. The van der Waals surface area contributed by atoms with E-state index in [1.807, 2.05) is 15.8 Å². The average Bonchev–Trinajstić information content (AvgIpc) is 3.58. The Morgan fingerprint density at radius 3 is 2.18 bits per heavy atom. The predicted octanol–water partition coefficient (Wildman–Crippen LogP) is 4.61. The lowest BCUT2D eigenvalue weighted by Gasteiger charge is -2.32. The summed E-state index contributed by atoms with van der Waals surface area (Å²) < 4.78 is 43.6. The Bertz CT molecular complexity index is 1520. The molecule has 0 radical (unpaired) electrons. The summed E-state index contributed by atoms with van der Waals surface area (Å²) in [5, 5.41) is 4.75. The molecule has 0 saturated carbocycles. The molecule has 0 unspecified atom stereocenters. The maximum atomic E-state index is 14.1. The number of rotatable bonds is 20. The van der Waals surface area contributed by atoms with Gasteiger partial charge in [-0.05, 0) is 38.0 Å². The molecule has 268 valence electrons. The largest absolute Gasteiger partial charge is 0.482 e. The van der Waals surface area contributed by atoms with Crippen molar-refractivity contribution in [2.75, 3.05) is 71.7 Å². The van der Waals surface area contributed by atoms with Crippen molar-refractivity contribution in [3.63, 3.8) is 0 Å². The number of pyridine rings is 1. The Labute approximate surface area is 294 Å². The van der Waals surface area contributed by atoms with Crippen LogP contribution in [0.25, 0.3) is 11.1 Å². The topological polar surface area (TPSA) is 166 Å². The number of amides is 2. The molecule has 1 aliphatic rings. The highest BCUT2D eigenvalue weighted by Crippen LogP contribution is 2.37. The number of carbonyl (C=O) groups is 2. The van der Waals surface area contributed by atoms with Gasteiger partial charge in [-0.25, -0.2) is 9.37 Å². The average molecular weight is 726 g/mol. The minimum Gasteiger partial charge on any atom is -0.482 e. The van der Waals surface area contributed by atoms with Crippen LogP contribution in [-0.4, -0.2) is 97.4 Å². The molecule has 1 aromatic carbocycles. The van der Waals surface area contributed by atoms with Crippen LogP contribution in [0, 0.1) is 5.82 Å². The number of ether oxygens (including phenoxy) is 5. The van der Waals surface area contributed by atoms with Crippen molar-refractivity contribution in [1.82, 2.24) is 19.7 Å². The minimum absolute atomic E-state index is 0.0579. The summed E-state index contributed by atoms with van der Waals surface area (Å²) >= 11 is 12.4. The Morgan fingerprint density at radius 1 is 0.939 bits per heavy atom. The third kappa shape index (κ3) is 11.8. The fourth-order valence-electron chi connectivity index (χ4n) is 5.19. The van der Waals surface area contributed by atoms with Crippen molar-refractivity contribution < 1.29 is 37.7 Å². The van der Waals surface area contributed by atoms with E-state index in [1.54, 1.807) is 25.4 Å². The number of halogens is 3. The van der Waals surface area contributed by atoms with Gasteiger partial charge in [0, 0.05) is 53.6 Å². The van der Waals surface area contributed by atoms with Gasteiger partial charge in [-0.15, -0.1) is 0 Å². The zero-order chi connectivity index (χ0) is 35.2. The molecule has 0 bridgehead atoms. The predicted molar refractivity (Wildman–Crippen MR) is 182 cm³/mol. The second-order valence-electron chi connectivity index (χ2n) is 11.4. The smallest absolute Gasteiger partial charge is 0.224 e. The summed E-state index contributed by atoms with van der Waals surface area (Å²) in [4.78, 5) is 29.5. The molecule has 4 N–H and O–H groups in total. The van der Waals surface area contributed by atoms with E-state index < -0.39 is 17.8 Å². The van der Waals surface area contributed by atoms with Crippen LogP contribution in [-0.2, 0) is 28.5 Å². The summed E-state index contributed by atoms with van der Waals surface area (Å²) in [5.74, 6) is -0.453. The number of primary amides is 1.